The zero-order valence-corrected chi connectivity index (χ0v) is 10.1. The number of hydrogen-bond donors (Lipinski definition) is 1. The molecule has 0 radical (unpaired) electrons. The van der Waals surface area contributed by atoms with E-state index < -0.39 is 0 Å². The van der Waals surface area contributed by atoms with Crippen molar-refractivity contribution in [2.45, 2.75) is 18.8 Å². The van der Waals surface area contributed by atoms with Crippen LogP contribution in [0.15, 0.2) is 36.7 Å². The van der Waals surface area contributed by atoms with Gasteiger partial charge in [-0.2, -0.15) is 0 Å². The lowest BCUT2D eigenvalue weighted by Crippen LogP contribution is -2.03. The van der Waals surface area contributed by atoms with E-state index in [9.17, 15) is 0 Å². The smallest absolute Gasteiger partial charge is 0.121 e. The van der Waals surface area contributed by atoms with Crippen molar-refractivity contribution in [3.63, 3.8) is 0 Å². The number of ether oxygens (including phenoxy) is 1. The minimum Gasteiger partial charge on any atom is -0.491 e. The van der Waals surface area contributed by atoms with Crippen LogP contribution < -0.4 is 4.74 Å². The van der Waals surface area contributed by atoms with Crippen molar-refractivity contribution < 1.29 is 9.84 Å². The standard InChI is InChI=1S/C14H16N2O2/c17-8-9-18-13-3-1-2-12(10-13)16-7-6-15-14(16)11-4-5-11/h1-3,6-7,10-11,17H,4-5,8-9H2. The Bertz CT molecular complexity index is 532. The lowest BCUT2D eigenvalue weighted by molar-refractivity contribution is 0.201. The van der Waals surface area contributed by atoms with E-state index in [2.05, 4.69) is 9.55 Å². The summed E-state index contributed by atoms with van der Waals surface area (Å²) in [4.78, 5) is 4.43. The van der Waals surface area contributed by atoms with Crippen molar-refractivity contribution in [2.75, 3.05) is 13.2 Å². The number of aromatic nitrogens is 2. The summed E-state index contributed by atoms with van der Waals surface area (Å²) in [6.07, 6.45) is 6.29. The number of benzene rings is 1. The van der Waals surface area contributed by atoms with Crippen LogP contribution in [0.25, 0.3) is 5.69 Å². The van der Waals surface area contributed by atoms with Crippen molar-refractivity contribution in [3.05, 3.63) is 42.5 Å². The minimum absolute atomic E-state index is 0.0304. The van der Waals surface area contributed by atoms with Crippen LogP contribution in [0.5, 0.6) is 5.75 Å². The number of imidazole rings is 1. The summed E-state index contributed by atoms with van der Waals surface area (Å²) in [7, 11) is 0. The van der Waals surface area contributed by atoms with Gasteiger partial charge in [0.1, 0.15) is 18.2 Å². The van der Waals surface area contributed by atoms with Crippen LogP contribution in [0.3, 0.4) is 0 Å². The van der Waals surface area contributed by atoms with E-state index in [1.807, 2.05) is 36.7 Å². The third-order valence-corrected chi connectivity index (χ3v) is 3.07. The predicted octanol–water partition coefficient (Wildman–Crippen LogP) is 2.12. The molecule has 0 saturated heterocycles. The minimum atomic E-state index is 0.0304. The highest BCUT2D eigenvalue weighted by Gasteiger charge is 2.28. The third-order valence-electron chi connectivity index (χ3n) is 3.07. The molecule has 0 atom stereocenters. The Morgan fingerprint density at radius 1 is 1.39 bits per heavy atom. The first-order valence-electron chi connectivity index (χ1n) is 6.26. The van der Waals surface area contributed by atoms with Crippen molar-refractivity contribution >= 4 is 0 Å². The third kappa shape index (κ3) is 2.24. The Morgan fingerprint density at radius 2 is 2.28 bits per heavy atom. The monoisotopic (exact) mass is 244 g/mol. The summed E-state index contributed by atoms with van der Waals surface area (Å²) in [6, 6.07) is 7.87. The zero-order chi connectivity index (χ0) is 12.4. The van der Waals surface area contributed by atoms with Crippen molar-refractivity contribution in [1.29, 1.82) is 0 Å². The molecule has 1 aromatic heterocycles. The summed E-state index contributed by atoms with van der Waals surface area (Å²) in [5.74, 6) is 2.52. The number of rotatable bonds is 5. The fourth-order valence-corrected chi connectivity index (χ4v) is 2.06. The molecule has 94 valence electrons. The lowest BCUT2D eigenvalue weighted by atomic mass is 10.3. The molecule has 1 N–H and O–H groups in total. The molecule has 0 spiro atoms. The van der Waals surface area contributed by atoms with Gasteiger partial charge >= 0.3 is 0 Å². The van der Waals surface area contributed by atoms with E-state index in [1.54, 1.807) is 0 Å². The number of aliphatic hydroxyl groups is 1. The average molecular weight is 244 g/mol. The zero-order valence-electron chi connectivity index (χ0n) is 10.1. The second-order valence-electron chi connectivity index (χ2n) is 4.50. The van der Waals surface area contributed by atoms with E-state index in [0.29, 0.717) is 12.5 Å². The van der Waals surface area contributed by atoms with Crippen LogP contribution in [0.2, 0.25) is 0 Å². The predicted molar refractivity (Wildman–Crippen MR) is 68.1 cm³/mol. The molecule has 18 heavy (non-hydrogen) atoms. The van der Waals surface area contributed by atoms with Crippen molar-refractivity contribution in [2.24, 2.45) is 0 Å². The Morgan fingerprint density at radius 3 is 3.06 bits per heavy atom. The number of aliphatic hydroxyl groups excluding tert-OH is 1. The van der Waals surface area contributed by atoms with Gasteiger partial charge in [-0.15, -0.1) is 0 Å². The molecule has 0 amide bonds. The van der Waals surface area contributed by atoms with Crippen molar-refractivity contribution in [3.8, 4) is 11.4 Å². The van der Waals surface area contributed by atoms with Gasteiger partial charge in [-0.3, -0.25) is 0 Å². The Labute approximate surface area is 106 Å². The molecular weight excluding hydrogens is 228 g/mol. The molecule has 0 unspecified atom stereocenters. The highest BCUT2D eigenvalue weighted by atomic mass is 16.5. The Hall–Kier alpha value is -1.81. The van der Waals surface area contributed by atoms with Gasteiger partial charge in [-0.25, -0.2) is 4.98 Å². The van der Waals surface area contributed by atoms with Gasteiger partial charge in [0.25, 0.3) is 0 Å². The summed E-state index contributed by atoms with van der Waals surface area (Å²) in [5.41, 5.74) is 1.06. The lowest BCUT2D eigenvalue weighted by Gasteiger charge is -2.09. The highest BCUT2D eigenvalue weighted by molar-refractivity contribution is 5.40. The average Bonchev–Trinajstić information content (AvgIpc) is 3.14. The Balaban J connectivity index is 1.88. The van der Waals surface area contributed by atoms with Gasteiger partial charge in [0.2, 0.25) is 0 Å². The summed E-state index contributed by atoms with van der Waals surface area (Å²) >= 11 is 0. The summed E-state index contributed by atoms with van der Waals surface area (Å²) in [5, 5.41) is 8.77. The second kappa shape index (κ2) is 4.82. The van der Waals surface area contributed by atoms with Gasteiger partial charge in [0.15, 0.2) is 0 Å². The van der Waals surface area contributed by atoms with E-state index >= 15 is 0 Å². The molecule has 3 rings (SSSR count). The second-order valence-corrected chi connectivity index (χ2v) is 4.50. The van der Waals surface area contributed by atoms with Crippen LogP contribution >= 0.6 is 0 Å². The normalized spacial score (nSPS) is 14.7. The molecule has 0 bridgehead atoms. The van der Waals surface area contributed by atoms with Crippen molar-refractivity contribution in [1.82, 2.24) is 9.55 Å². The summed E-state index contributed by atoms with van der Waals surface area (Å²) in [6.45, 7) is 0.353. The van der Waals surface area contributed by atoms with E-state index in [4.69, 9.17) is 9.84 Å². The fourth-order valence-electron chi connectivity index (χ4n) is 2.06. The quantitative estimate of drug-likeness (QED) is 0.876. The maximum atomic E-state index is 8.77. The van der Waals surface area contributed by atoms with Gasteiger partial charge in [0.05, 0.1) is 12.3 Å². The summed E-state index contributed by atoms with van der Waals surface area (Å²) < 4.78 is 7.54. The molecule has 1 fully saturated rings. The number of hydrogen-bond acceptors (Lipinski definition) is 3. The van der Waals surface area contributed by atoms with Crippen LogP contribution in [0, 0.1) is 0 Å². The first kappa shape index (κ1) is 11.3. The molecule has 4 heteroatoms. The number of nitrogens with zero attached hydrogens (tertiary/aromatic N) is 2. The molecule has 4 nitrogen and oxygen atoms in total. The van der Waals surface area contributed by atoms with Crippen LogP contribution in [-0.2, 0) is 0 Å². The topological polar surface area (TPSA) is 47.3 Å². The molecule has 1 aromatic carbocycles. The molecule has 2 aromatic rings. The maximum Gasteiger partial charge on any atom is 0.121 e. The molecule has 1 aliphatic carbocycles. The maximum absolute atomic E-state index is 8.77. The first-order chi connectivity index (χ1) is 8.88. The highest BCUT2D eigenvalue weighted by Crippen LogP contribution is 2.39. The van der Waals surface area contributed by atoms with Gasteiger partial charge < -0.3 is 14.4 Å². The van der Waals surface area contributed by atoms with Gasteiger partial charge in [-0.05, 0) is 25.0 Å². The largest absolute Gasteiger partial charge is 0.491 e. The fraction of sp³-hybridized carbons (Fsp3) is 0.357. The van der Waals surface area contributed by atoms with E-state index in [0.717, 1.165) is 17.3 Å². The van der Waals surface area contributed by atoms with Crippen LogP contribution in [0.4, 0.5) is 0 Å². The molecule has 0 aliphatic heterocycles. The van der Waals surface area contributed by atoms with E-state index in [1.165, 1.54) is 12.8 Å². The molecule has 1 saturated carbocycles. The first-order valence-corrected chi connectivity index (χ1v) is 6.26. The van der Waals surface area contributed by atoms with Crippen LogP contribution in [-0.4, -0.2) is 27.9 Å². The molecule has 1 aliphatic rings. The SMILES string of the molecule is OCCOc1cccc(-n2ccnc2C2CC2)c1. The van der Waals surface area contributed by atoms with E-state index in [-0.39, 0.29) is 6.61 Å². The molecule has 1 heterocycles. The van der Waals surface area contributed by atoms with Gasteiger partial charge in [-0.1, -0.05) is 6.07 Å². The van der Waals surface area contributed by atoms with Crippen LogP contribution in [0.1, 0.15) is 24.6 Å². The Kier molecular flexibility index (Phi) is 3.02. The molecular formula is C14H16N2O2. The van der Waals surface area contributed by atoms with Gasteiger partial charge in [0, 0.05) is 24.4 Å².